The number of hydrogen-bond acceptors (Lipinski definition) is 6. The molecule has 1 aromatic carbocycles. The van der Waals surface area contributed by atoms with Gasteiger partial charge < -0.3 is 14.8 Å². The van der Waals surface area contributed by atoms with Crippen LogP contribution in [0.3, 0.4) is 0 Å². The van der Waals surface area contributed by atoms with Gasteiger partial charge in [0.25, 0.3) is 0 Å². The van der Waals surface area contributed by atoms with Gasteiger partial charge in [-0.1, -0.05) is 108 Å². The number of urea groups is 1. The number of nitrogens with one attached hydrogen (secondary N) is 2. The van der Waals surface area contributed by atoms with Gasteiger partial charge >= 0.3 is 18.0 Å². The lowest BCUT2D eigenvalue weighted by molar-refractivity contribution is 0.00705. The molecule has 8 heteroatoms. The molecule has 0 atom stereocenters. The van der Waals surface area contributed by atoms with E-state index in [9.17, 15) is 14.4 Å². The Morgan fingerprint density at radius 2 is 1.37 bits per heavy atom. The maximum atomic E-state index is 13.0. The van der Waals surface area contributed by atoms with Gasteiger partial charge in [0.05, 0.1) is 5.56 Å². The quantitative estimate of drug-likeness (QED) is 0.134. The van der Waals surface area contributed by atoms with Crippen LogP contribution in [0.1, 0.15) is 136 Å². The summed E-state index contributed by atoms with van der Waals surface area (Å²) in [5, 5.41) is 5.92. The maximum Gasteiger partial charge on any atom is 0.349 e. The van der Waals surface area contributed by atoms with Gasteiger partial charge in [-0.15, -0.1) is 11.3 Å². The highest BCUT2D eigenvalue weighted by Crippen LogP contribution is 2.35. The van der Waals surface area contributed by atoms with Gasteiger partial charge in [0.1, 0.15) is 22.1 Å². The zero-order valence-corrected chi connectivity index (χ0v) is 26.6. The Hall–Kier alpha value is -2.87. The monoisotopic (exact) mass is 586 g/mol. The third kappa shape index (κ3) is 13.6. The highest BCUT2D eigenvalue weighted by Gasteiger charge is 2.29. The van der Waals surface area contributed by atoms with E-state index in [2.05, 4.69) is 17.6 Å². The minimum atomic E-state index is -0.729. The van der Waals surface area contributed by atoms with Gasteiger partial charge in [-0.05, 0) is 45.2 Å². The maximum absolute atomic E-state index is 13.0. The van der Waals surface area contributed by atoms with Crippen molar-refractivity contribution < 1.29 is 23.9 Å². The molecule has 0 radical (unpaired) electrons. The van der Waals surface area contributed by atoms with Gasteiger partial charge in [0.15, 0.2) is 0 Å². The van der Waals surface area contributed by atoms with Crippen molar-refractivity contribution in [3.8, 4) is 0 Å². The number of anilines is 1. The molecule has 2 amide bonds. The average Bonchev–Trinajstić information content (AvgIpc) is 3.25. The fraction of sp³-hybridized carbons (Fsp3) is 0.606. The van der Waals surface area contributed by atoms with Crippen LogP contribution in [0, 0.1) is 6.92 Å². The third-order valence-corrected chi connectivity index (χ3v) is 7.88. The Labute approximate surface area is 250 Å². The SMILES string of the molecule is CCCCCCCCCCCCCCNC(=O)Nc1sc(C(=O)OCc2ccccc2)c(C)c1C(=O)OC(C)(C)C. The summed E-state index contributed by atoms with van der Waals surface area (Å²) < 4.78 is 11.1. The van der Waals surface area contributed by atoms with Crippen molar-refractivity contribution in [3.05, 3.63) is 51.9 Å². The number of benzene rings is 1. The first-order chi connectivity index (χ1) is 19.6. The first kappa shape index (κ1) is 34.3. The number of unbranched alkanes of at least 4 members (excludes halogenated alkanes) is 11. The summed E-state index contributed by atoms with van der Waals surface area (Å²) in [7, 11) is 0. The van der Waals surface area contributed by atoms with Crippen LogP contribution in [0.2, 0.25) is 0 Å². The molecule has 0 unspecified atom stereocenters. The van der Waals surface area contributed by atoms with Gasteiger partial charge in [-0.25, -0.2) is 14.4 Å². The van der Waals surface area contributed by atoms with Crippen LogP contribution in [0.5, 0.6) is 0 Å². The van der Waals surface area contributed by atoms with Crippen LogP contribution >= 0.6 is 11.3 Å². The van der Waals surface area contributed by atoms with E-state index in [1.165, 1.54) is 64.2 Å². The smallest absolute Gasteiger partial charge is 0.349 e. The van der Waals surface area contributed by atoms with Gasteiger partial charge in [0.2, 0.25) is 0 Å². The number of thiophene rings is 1. The number of amides is 2. The highest BCUT2D eigenvalue weighted by molar-refractivity contribution is 7.18. The molecule has 2 rings (SSSR count). The second kappa shape index (κ2) is 18.5. The van der Waals surface area contributed by atoms with Crippen molar-refractivity contribution in [2.45, 2.75) is 124 Å². The zero-order valence-electron chi connectivity index (χ0n) is 25.7. The van der Waals surface area contributed by atoms with Crippen LogP contribution in [0.15, 0.2) is 30.3 Å². The molecule has 2 aromatic rings. The predicted octanol–water partition coefficient (Wildman–Crippen LogP) is 9.19. The first-order valence-corrected chi connectivity index (χ1v) is 16.1. The van der Waals surface area contributed by atoms with Crippen LogP contribution in [0.25, 0.3) is 0 Å². The van der Waals surface area contributed by atoms with E-state index in [0.29, 0.717) is 12.1 Å². The molecular formula is C33H50N2O5S. The summed E-state index contributed by atoms with van der Waals surface area (Å²) in [6.45, 7) is 9.90. The Balaban J connectivity index is 1.84. The molecule has 0 aliphatic heterocycles. The van der Waals surface area contributed by atoms with E-state index in [4.69, 9.17) is 9.47 Å². The summed E-state index contributed by atoms with van der Waals surface area (Å²) in [5.74, 6) is -1.14. The summed E-state index contributed by atoms with van der Waals surface area (Å²) in [4.78, 5) is 38.9. The van der Waals surface area contributed by atoms with E-state index in [1.54, 1.807) is 27.7 Å². The molecule has 0 fully saturated rings. The zero-order chi connectivity index (χ0) is 30.1. The number of esters is 2. The Kier molecular flexibility index (Phi) is 15.5. The molecule has 0 saturated carbocycles. The van der Waals surface area contributed by atoms with Gasteiger partial charge in [-0.2, -0.15) is 0 Å². The van der Waals surface area contributed by atoms with Gasteiger partial charge in [0, 0.05) is 6.54 Å². The molecule has 7 nitrogen and oxygen atoms in total. The predicted molar refractivity (Wildman–Crippen MR) is 168 cm³/mol. The largest absolute Gasteiger partial charge is 0.457 e. The van der Waals surface area contributed by atoms with Crippen molar-refractivity contribution in [1.82, 2.24) is 5.32 Å². The van der Waals surface area contributed by atoms with E-state index >= 15 is 0 Å². The van der Waals surface area contributed by atoms with Crippen molar-refractivity contribution in [2.24, 2.45) is 0 Å². The molecule has 2 N–H and O–H groups in total. The summed E-state index contributed by atoms with van der Waals surface area (Å²) in [6.07, 6.45) is 15.0. The summed E-state index contributed by atoms with van der Waals surface area (Å²) >= 11 is 1.03. The topological polar surface area (TPSA) is 93.7 Å². The number of carbonyl (C=O) groups is 3. The summed E-state index contributed by atoms with van der Waals surface area (Å²) in [5.41, 5.74) is 0.738. The van der Waals surface area contributed by atoms with Crippen molar-refractivity contribution >= 4 is 34.3 Å². The van der Waals surface area contributed by atoms with Crippen molar-refractivity contribution in [2.75, 3.05) is 11.9 Å². The Morgan fingerprint density at radius 1 is 0.805 bits per heavy atom. The van der Waals surface area contributed by atoms with E-state index < -0.39 is 23.6 Å². The lowest BCUT2D eigenvalue weighted by Crippen LogP contribution is -2.30. The fourth-order valence-corrected chi connectivity index (χ4v) is 5.56. The molecule has 0 aliphatic carbocycles. The van der Waals surface area contributed by atoms with E-state index in [0.717, 1.165) is 29.7 Å². The van der Waals surface area contributed by atoms with Crippen LogP contribution in [-0.2, 0) is 16.1 Å². The average molecular weight is 587 g/mol. The third-order valence-electron chi connectivity index (χ3n) is 6.69. The standard InChI is InChI=1S/C33H50N2O5S/c1-6-7-8-9-10-11-12-13-14-15-16-20-23-34-32(38)35-29-27(30(36)40-33(3,4)5)25(2)28(41-29)31(37)39-24-26-21-18-17-19-22-26/h17-19,21-22H,6-16,20,23-24H2,1-5H3,(H2,34,35,38). The molecule has 0 bridgehead atoms. The fourth-order valence-electron chi connectivity index (χ4n) is 4.48. The summed E-state index contributed by atoms with van der Waals surface area (Å²) in [6, 6.07) is 8.96. The molecule has 0 aliphatic rings. The number of rotatable bonds is 18. The number of hydrogen-bond donors (Lipinski definition) is 2. The molecule has 228 valence electrons. The Morgan fingerprint density at radius 3 is 1.93 bits per heavy atom. The first-order valence-electron chi connectivity index (χ1n) is 15.2. The van der Waals surface area contributed by atoms with Crippen LogP contribution in [-0.4, -0.2) is 30.1 Å². The second-order valence-electron chi connectivity index (χ2n) is 11.6. The second-order valence-corrected chi connectivity index (χ2v) is 12.6. The number of ether oxygens (including phenoxy) is 2. The molecular weight excluding hydrogens is 536 g/mol. The minimum absolute atomic E-state index is 0.112. The van der Waals surface area contributed by atoms with Crippen molar-refractivity contribution in [1.29, 1.82) is 0 Å². The normalized spacial score (nSPS) is 11.2. The Bertz CT molecular complexity index is 1080. The van der Waals surface area contributed by atoms with Crippen LogP contribution < -0.4 is 10.6 Å². The molecule has 0 spiro atoms. The molecule has 0 saturated heterocycles. The molecule has 1 aromatic heterocycles. The lowest BCUT2D eigenvalue weighted by atomic mass is 10.1. The van der Waals surface area contributed by atoms with Crippen LogP contribution in [0.4, 0.5) is 9.80 Å². The van der Waals surface area contributed by atoms with E-state index in [1.807, 2.05) is 30.3 Å². The molecule has 41 heavy (non-hydrogen) atoms. The number of carbonyl (C=O) groups excluding carboxylic acids is 3. The molecule has 1 heterocycles. The van der Waals surface area contributed by atoms with Crippen molar-refractivity contribution in [3.63, 3.8) is 0 Å². The minimum Gasteiger partial charge on any atom is -0.457 e. The van der Waals surface area contributed by atoms with E-state index in [-0.39, 0.29) is 22.0 Å². The lowest BCUT2D eigenvalue weighted by Gasteiger charge is -2.20. The highest BCUT2D eigenvalue weighted by atomic mass is 32.1. The van der Waals surface area contributed by atoms with Gasteiger partial charge in [-0.3, -0.25) is 5.32 Å².